The predicted molar refractivity (Wildman–Crippen MR) is 114 cm³/mol. The summed E-state index contributed by atoms with van der Waals surface area (Å²) in [5, 5.41) is 15.4. The minimum absolute atomic E-state index is 0.0668. The Labute approximate surface area is 172 Å². The standard InChI is InChI=1S/C23H18N4O3/c1-15-14-22(26(25-15)20-10-8-19(9-11-20)23(24)28)18-4-2-16(3-5-18)17-6-12-21(13-7-17)27(29)30/h2-14H,1H3,(H2,24,28). The summed E-state index contributed by atoms with van der Waals surface area (Å²) in [7, 11) is 0. The van der Waals surface area contributed by atoms with Crippen molar-refractivity contribution in [3.63, 3.8) is 0 Å². The highest BCUT2D eigenvalue weighted by Crippen LogP contribution is 2.28. The number of hydrogen-bond donors (Lipinski definition) is 1. The van der Waals surface area contributed by atoms with Gasteiger partial charge in [0.05, 0.1) is 22.0 Å². The van der Waals surface area contributed by atoms with E-state index in [0.717, 1.165) is 33.8 Å². The van der Waals surface area contributed by atoms with Crippen molar-refractivity contribution in [2.45, 2.75) is 6.92 Å². The van der Waals surface area contributed by atoms with Gasteiger partial charge in [0.15, 0.2) is 0 Å². The molecule has 30 heavy (non-hydrogen) atoms. The van der Waals surface area contributed by atoms with Crippen molar-refractivity contribution in [1.82, 2.24) is 9.78 Å². The average Bonchev–Trinajstić information content (AvgIpc) is 3.15. The van der Waals surface area contributed by atoms with Crippen LogP contribution in [0.3, 0.4) is 0 Å². The molecule has 7 heteroatoms. The number of carbonyl (C=O) groups excluding carboxylic acids is 1. The fourth-order valence-corrected chi connectivity index (χ4v) is 3.28. The van der Waals surface area contributed by atoms with Crippen LogP contribution in [0.4, 0.5) is 5.69 Å². The molecule has 0 saturated carbocycles. The molecule has 0 aliphatic heterocycles. The number of primary amides is 1. The van der Waals surface area contributed by atoms with Crippen LogP contribution in [0.25, 0.3) is 28.1 Å². The highest BCUT2D eigenvalue weighted by atomic mass is 16.6. The maximum absolute atomic E-state index is 11.3. The number of nitro benzene ring substituents is 1. The first kappa shape index (κ1) is 19.1. The number of carbonyl (C=O) groups is 1. The maximum atomic E-state index is 11.3. The van der Waals surface area contributed by atoms with Gasteiger partial charge in [-0.15, -0.1) is 0 Å². The topological polar surface area (TPSA) is 104 Å². The number of aromatic nitrogens is 2. The molecule has 1 aromatic heterocycles. The summed E-state index contributed by atoms with van der Waals surface area (Å²) in [6.45, 7) is 1.92. The molecule has 0 aliphatic rings. The van der Waals surface area contributed by atoms with Gasteiger partial charge in [-0.3, -0.25) is 14.9 Å². The van der Waals surface area contributed by atoms with Gasteiger partial charge in [0, 0.05) is 23.3 Å². The van der Waals surface area contributed by atoms with E-state index in [-0.39, 0.29) is 5.69 Å². The van der Waals surface area contributed by atoms with Crippen LogP contribution in [0.1, 0.15) is 16.1 Å². The zero-order valence-corrected chi connectivity index (χ0v) is 16.1. The number of nitrogens with zero attached hydrogens (tertiary/aromatic N) is 3. The molecule has 2 N–H and O–H groups in total. The van der Waals surface area contributed by atoms with Gasteiger partial charge >= 0.3 is 0 Å². The number of hydrogen-bond acceptors (Lipinski definition) is 4. The molecule has 0 saturated heterocycles. The van der Waals surface area contributed by atoms with Crippen LogP contribution in [-0.4, -0.2) is 20.6 Å². The Hall–Kier alpha value is -4.26. The molecule has 4 rings (SSSR count). The Balaban J connectivity index is 1.66. The Morgan fingerprint density at radius 2 is 1.43 bits per heavy atom. The molecular formula is C23H18N4O3. The van der Waals surface area contributed by atoms with Crippen LogP contribution in [0.15, 0.2) is 78.9 Å². The van der Waals surface area contributed by atoms with Crippen molar-refractivity contribution in [3.05, 3.63) is 100 Å². The van der Waals surface area contributed by atoms with Gasteiger partial charge in [-0.05, 0) is 60.5 Å². The van der Waals surface area contributed by atoms with Crippen molar-refractivity contribution >= 4 is 11.6 Å². The lowest BCUT2D eigenvalue weighted by Gasteiger charge is -2.09. The van der Waals surface area contributed by atoms with Crippen molar-refractivity contribution in [1.29, 1.82) is 0 Å². The molecule has 0 unspecified atom stereocenters. The molecule has 7 nitrogen and oxygen atoms in total. The van der Waals surface area contributed by atoms with E-state index in [4.69, 9.17) is 5.73 Å². The molecule has 0 fully saturated rings. The van der Waals surface area contributed by atoms with Crippen LogP contribution < -0.4 is 5.73 Å². The molecule has 0 bridgehead atoms. The van der Waals surface area contributed by atoms with Gasteiger partial charge in [0.25, 0.3) is 5.69 Å². The summed E-state index contributed by atoms with van der Waals surface area (Å²) in [6.07, 6.45) is 0. The second-order valence-corrected chi connectivity index (χ2v) is 6.88. The Bertz CT molecular complexity index is 1230. The van der Waals surface area contributed by atoms with Gasteiger partial charge in [0.1, 0.15) is 0 Å². The molecule has 0 aliphatic carbocycles. The summed E-state index contributed by atoms with van der Waals surface area (Å²) in [4.78, 5) is 21.7. The summed E-state index contributed by atoms with van der Waals surface area (Å²) in [5.41, 5.74) is 11.3. The Kier molecular flexibility index (Phi) is 4.85. The van der Waals surface area contributed by atoms with Crippen LogP contribution in [0.2, 0.25) is 0 Å². The number of rotatable bonds is 5. The average molecular weight is 398 g/mol. The lowest BCUT2D eigenvalue weighted by molar-refractivity contribution is -0.384. The summed E-state index contributed by atoms with van der Waals surface area (Å²) in [5.74, 6) is -0.472. The van der Waals surface area contributed by atoms with E-state index < -0.39 is 10.8 Å². The quantitative estimate of drug-likeness (QED) is 0.394. The zero-order chi connectivity index (χ0) is 21.3. The first-order valence-electron chi connectivity index (χ1n) is 9.24. The van der Waals surface area contributed by atoms with E-state index in [0.29, 0.717) is 5.56 Å². The molecule has 0 radical (unpaired) electrons. The van der Waals surface area contributed by atoms with Crippen LogP contribution >= 0.6 is 0 Å². The number of benzene rings is 3. The minimum Gasteiger partial charge on any atom is -0.366 e. The second-order valence-electron chi connectivity index (χ2n) is 6.88. The van der Waals surface area contributed by atoms with Crippen molar-refractivity contribution in [2.75, 3.05) is 0 Å². The van der Waals surface area contributed by atoms with E-state index in [9.17, 15) is 14.9 Å². The van der Waals surface area contributed by atoms with E-state index in [1.54, 1.807) is 36.4 Å². The Morgan fingerprint density at radius 1 is 0.900 bits per heavy atom. The van der Waals surface area contributed by atoms with Crippen LogP contribution in [0, 0.1) is 17.0 Å². The van der Waals surface area contributed by atoms with Crippen LogP contribution in [0.5, 0.6) is 0 Å². The SMILES string of the molecule is Cc1cc(-c2ccc(-c3ccc([N+](=O)[O-])cc3)cc2)n(-c2ccc(C(N)=O)cc2)n1. The van der Waals surface area contributed by atoms with Gasteiger partial charge in [0.2, 0.25) is 5.91 Å². The normalized spacial score (nSPS) is 10.7. The first-order chi connectivity index (χ1) is 14.4. The molecule has 0 atom stereocenters. The summed E-state index contributed by atoms with van der Waals surface area (Å²) in [6, 6.07) is 23.3. The lowest BCUT2D eigenvalue weighted by atomic mass is 10.0. The number of nitro groups is 1. The van der Waals surface area contributed by atoms with Gasteiger partial charge in [-0.25, -0.2) is 4.68 Å². The van der Waals surface area contributed by atoms with Gasteiger partial charge < -0.3 is 5.73 Å². The fraction of sp³-hybridized carbons (Fsp3) is 0.0435. The maximum Gasteiger partial charge on any atom is 0.269 e. The number of aryl methyl sites for hydroxylation is 1. The summed E-state index contributed by atoms with van der Waals surface area (Å²) >= 11 is 0. The molecule has 0 spiro atoms. The Morgan fingerprint density at radius 3 is 1.97 bits per heavy atom. The van der Waals surface area contributed by atoms with Gasteiger partial charge in [-0.2, -0.15) is 5.10 Å². The van der Waals surface area contributed by atoms with Crippen molar-refractivity contribution < 1.29 is 9.72 Å². The number of amides is 1. The third-order valence-corrected chi connectivity index (χ3v) is 4.82. The zero-order valence-electron chi connectivity index (χ0n) is 16.1. The van der Waals surface area contributed by atoms with E-state index >= 15 is 0 Å². The van der Waals surface area contributed by atoms with E-state index in [1.807, 2.05) is 41.9 Å². The molecule has 3 aromatic carbocycles. The van der Waals surface area contributed by atoms with Crippen LogP contribution in [-0.2, 0) is 0 Å². The summed E-state index contributed by atoms with van der Waals surface area (Å²) < 4.78 is 1.82. The fourth-order valence-electron chi connectivity index (χ4n) is 3.28. The van der Waals surface area contributed by atoms with Crippen molar-refractivity contribution in [3.8, 4) is 28.1 Å². The monoisotopic (exact) mass is 398 g/mol. The molecular weight excluding hydrogens is 380 g/mol. The largest absolute Gasteiger partial charge is 0.366 e. The molecule has 1 amide bonds. The molecule has 148 valence electrons. The van der Waals surface area contributed by atoms with E-state index in [2.05, 4.69) is 5.10 Å². The van der Waals surface area contributed by atoms with E-state index in [1.165, 1.54) is 12.1 Å². The van der Waals surface area contributed by atoms with Crippen molar-refractivity contribution in [2.24, 2.45) is 5.73 Å². The number of non-ortho nitro benzene ring substituents is 1. The highest BCUT2D eigenvalue weighted by molar-refractivity contribution is 5.92. The first-order valence-corrected chi connectivity index (χ1v) is 9.24. The highest BCUT2D eigenvalue weighted by Gasteiger charge is 2.11. The molecule has 1 heterocycles. The predicted octanol–water partition coefficient (Wildman–Crippen LogP) is 4.52. The number of nitrogens with two attached hydrogens (primary N) is 1. The smallest absolute Gasteiger partial charge is 0.269 e. The lowest BCUT2D eigenvalue weighted by Crippen LogP contribution is -2.10. The third kappa shape index (κ3) is 3.68. The second kappa shape index (κ2) is 7.63. The third-order valence-electron chi connectivity index (χ3n) is 4.82. The minimum atomic E-state index is -0.472. The molecule has 4 aromatic rings. The van der Waals surface area contributed by atoms with Gasteiger partial charge in [-0.1, -0.05) is 24.3 Å².